The molecular formula is C16H22O5. The van der Waals surface area contributed by atoms with Crippen molar-refractivity contribution in [2.75, 3.05) is 6.61 Å². The molecule has 0 aliphatic heterocycles. The highest BCUT2D eigenvalue weighted by molar-refractivity contribution is 5.89. The Balaban J connectivity index is 2.69. The van der Waals surface area contributed by atoms with Crippen LogP contribution in [0.5, 0.6) is 0 Å². The third-order valence-electron chi connectivity index (χ3n) is 2.60. The van der Waals surface area contributed by atoms with Crippen molar-refractivity contribution in [1.82, 2.24) is 0 Å². The topological polar surface area (TPSA) is 72.8 Å². The van der Waals surface area contributed by atoms with E-state index in [9.17, 15) is 14.7 Å². The second-order valence-electron chi connectivity index (χ2n) is 5.65. The Morgan fingerprint density at radius 2 is 1.76 bits per heavy atom. The fourth-order valence-corrected chi connectivity index (χ4v) is 1.67. The number of rotatable bonds is 5. The first-order chi connectivity index (χ1) is 9.73. The molecule has 0 heterocycles. The molecule has 0 spiro atoms. The minimum atomic E-state index is -0.947. The molecule has 116 valence electrons. The van der Waals surface area contributed by atoms with Gasteiger partial charge in [-0.3, -0.25) is 4.79 Å². The Hall–Kier alpha value is -1.88. The van der Waals surface area contributed by atoms with E-state index in [0.717, 1.165) is 0 Å². The number of carbonyl (C=O) groups is 2. The van der Waals surface area contributed by atoms with Gasteiger partial charge in [-0.1, -0.05) is 12.1 Å². The van der Waals surface area contributed by atoms with Crippen LogP contribution in [0.2, 0.25) is 0 Å². The molecule has 1 N–H and O–H groups in total. The van der Waals surface area contributed by atoms with Crippen LogP contribution in [0, 0.1) is 0 Å². The van der Waals surface area contributed by atoms with Crippen molar-refractivity contribution in [1.29, 1.82) is 0 Å². The molecule has 1 unspecified atom stereocenters. The Bertz CT molecular complexity index is 484. The molecule has 1 rings (SSSR count). The molecule has 0 saturated carbocycles. The first-order valence-electron chi connectivity index (χ1n) is 6.90. The molecule has 1 aromatic carbocycles. The molecular weight excluding hydrogens is 272 g/mol. The van der Waals surface area contributed by atoms with Crippen LogP contribution in [0.4, 0.5) is 0 Å². The van der Waals surface area contributed by atoms with Crippen LogP contribution in [0.3, 0.4) is 0 Å². The summed E-state index contributed by atoms with van der Waals surface area (Å²) in [5.41, 5.74) is 0.395. The van der Waals surface area contributed by atoms with Gasteiger partial charge >= 0.3 is 11.9 Å². The zero-order valence-electron chi connectivity index (χ0n) is 12.9. The number of benzene rings is 1. The third-order valence-corrected chi connectivity index (χ3v) is 2.60. The van der Waals surface area contributed by atoms with Crippen LogP contribution < -0.4 is 0 Å². The lowest BCUT2D eigenvalue weighted by molar-refractivity contribution is -0.145. The minimum Gasteiger partial charge on any atom is -0.466 e. The maximum Gasteiger partial charge on any atom is 0.338 e. The second kappa shape index (κ2) is 7.22. The first-order valence-corrected chi connectivity index (χ1v) is 6.90. The summed E-state index contributed by atoms with van der Waals surface area (Å²) >= 11 is 0. The van der Waals surface area contributed by atoms with Crippen molar-refractivity contribution in [2.45, 2.75) is 45.8 Å². The predicted octanol–water partition coefficient (Wildman–Crippen LogP) is 2.63. The molecule has 1 aromatic rings. The van der Waals surface area contributed by atoms with E-state index in [-0.39, 0.29) is 13.0 Å². The van der Waals surface area contributed by atoms with Gasteiger partial charge in [-0.15, -0.1) is 0 Å². The molecule has 0 aliphatic rings. The highest BCUT2D eigenvalue weighted by Crippen LogP contribution is 2.19. The van der Waals surface area contributed by atoms with Crippen molar-refractivity contribution in [3.05, 3.63) is 35.4 Å². The van der Waals surface area contributed by atoms with Gasteiger partial charge in [0.05, 0.1) is 24.7 Å². The van der Waals surface area contributed by atoms with Gasteiger partial charge in [0, 0.05) is 0 Å². The van der Waals surface area contributed by atoms with Crippen LogP contribution >= 0.6 is 0 Å². The molecule has 0 bridgehead atoms. The van der Waals surface area contributed by atoms with E-state index in [4.69, 9.17) is 9.47 Å². The number of aliphatic hydroxyl groups excluding tert-OH is 1. The smallest absolute Gasteiger partial charge is 0.338 e. The number of esters is 2. The van der Waals surface area contributed by atoms with Crippen LogP contribution in [-0.4, -0.2) is 29.3 Å². The fourth-order valence-electron chi connectivity index (χ4n) is 1.67. The Morgan fingerprint density at radius 3 is 2.24 bits per heavy atom. The second-order valence-corrected chi connectivity index (χ2v) is 5.65. The molecule has 5 heteroatoms. The molecule has 0 aromatic heterocycles. The SMILES string of the molecule is CCOC(=O)CC(O)c1ccc(C(=O)OC(C)(C)C)cc1. The lowest BCUT2D eigenvalue weighted by atomic mass is 10.0. The minimum absolute atomic E-state index is 0.111. The summed E-state index contributed by atoms with van der Waals surface area (Å²) in [5.74, 6) is -0.879. The standard InChI is InChI=1S/C16H22O5/c1-5-20-14(18)10-13(17)11-6-8-12(9-7-11)15(19)21-16(2,3)4/h6-9,13,17H,5,10H2,1-4H3. The largest absolute Gasteiger partial charge is 0.466 e. The molecule has 21 heavy (non-hydrogen) atoms. The van der Waals surface area contributed by atoms with Gasteiger partial charge in [0.1, 0.15) is 5.60 Å². The van der Waals surface area contributed by atoms with Gasteiger partial charge in [-0.05, 0) is 45.4 Å². The summed E-state index contributed by atoms with van der Waals surface area (Å²) in [6, 6.07) is 6.34. The van der Waals surface area contributed by atoms with Gasteiger partial charge in [0.25, 0.3) is 0 Å². The average Bonchev–Trinajstić information content (AvgIpc) is 2.37. The van der Waals surface area contributed by atoms with Crippen molar-refractivity contribution in [3.63, 3.8) is 0 Å². The van der Waals surface area contributed by atoms with E-state index in [0.29, 0.717) is 11.1 Å². The molecule has 0 aliphatic carbocycles. The van der Waals surface area contributed by atoms with Crippen LogP contribution in [0.25, 0.3) is 0 Å². The van der Waals surface area contributed by atoms with E-state index in [1.807, 2.05) is 0 Å². The predicted molar refractivity (Wildman–Crippen MR) is 77.8 cm³/mol. The zero-order chi connectivity index (χ0) is 16.0. The Kier molecular flexibility index (Phi) is 5.90. The maximum atomic E-state index is 11.8. The van der Waals surface area contributed by atoms with E-state index < -0.39 is 23.6 Å². The van der Waals surface area contributed by atoms with Crippen molar-refractivity contribution < 1.29 is 24.2 Å². The van der Waals surface area contributed by atoms with Crippen molar-refractivity contribution >= 4 is 11.9 Å². The molecule has 0 saturated heterocycles. The quantitative estimate of drug-likeness (QED) is 0.845. The summed E-state index contributed by atoms with van der Waals surface area (Å²) in [4.78, 5) is 23.1. The van der Waals surface area contributed by atoms with Gasteiger partial charge < -0.3 is 14.6 Å². The zero-order valence-corrected chi connectivity index (χ0v) is 12.9. The Labute approximate surface area is 124 Å². The highest BCUT2D eigenvalue weighted by Gasteiger charge is 2.19. The van der Waals surface area contributed by atoms with Crippen LogP contribution in [0.15, 0.2) is 24.3 Å². The van der Waals surface area contributed by atoms with Gasteiger partial charge in [0.15, 0.2) is 0 Å². The van der Waals surface area contributed by atoms with E-state index >= 15 is 0 Å². The molecule has 1 atom stereocenters. The van der Waals surface area contributed by atoms with E-state index in [1.54, 1.807) is 52.0 Å². The first kappa shape index (κ1) is 17.2. The number of carbonyl (C=O) groups excluding carboxylic acids is 2. The number of hydrogen-bond donors (Lipinski definition) is 1. The van der Waals surface area contributed by atoms with E-state index in [2.05, 4.69) is 0 Å². The highest BCUT2D eigenvalue weighted by atomic mass is 16.6. The van der Waals surface area contributed by atoms with Crippen molar-refractivity contribution in [2.24, 2.45) is 0 Å². The summed E-state index contributed by atoms with van der Waals surface area (Å²) in [5, 5.41) is 9.92. The lowest BCUT2D eigenvalue weighted by Crippen LogP contribution is -2.23. The Morgan fingerprint density at radius 1 is 1.19 bits per heavy atom. The van der Waals surface area contributed by atoms with Crippen LogP contribution in [0.1, 0.15) is 56.1 Å². The molecule has 0 radical (unpaired) electrons. The van der Waals surface area contributed by atoms with E-state index in [1.165, 1.54) is 0 Å². The normalized spacial score (nSPS) is 12.6. The number of aliphatic hydroxyl groups is 1. The molecule has 5 nitrogen and oxygen atoms in total. The molecule has 0 fully saturated rings. The number of hydrogen-bond acceptors (Lipinski definition) is 5. The third kappa shape index (κ3) is 5.95. The molecule has 0 amide bonds. The van der Waals surface area contributed by atoms with Gasteiger partial charge in [-0.2, -0.15) is 0 Å². The van der Waals surface area contributed by atoms with Gasteiger partial charge in [-0.25, -0.2) is 4.79 Å². The monoisotopic (exact) mass is 294 g/mol. The maximum absolute atomic E-state index is 11.8. The van der Waals surface area contributed by atoms with Gasteiger partial charge in [0.2, 0.25) is 0 Å². The summed E-state index contributed by atoms with van der Waals surface area (Å²) < 4.78 is 10.0. The summed E-state index contributed by atoms with van der Waals surface area (Å²) in [6.07, 6.45) is -1.06. The number of ether oxygens (including phenoxy) is 2. The van der Waals surface area contributed by atoms with Crippen molar-refractivity contribution in [3.8, 4) is 0 Å². The summed E-state index contributed by atoms with van der Waals surface area (Å²) in [7, 11) is 0. The summed E-state index contributed by atoms with van der Waals surface area (Å²) in [6.45, 7) is 7.37. The fraction of sp³-hybridized carbons (Fsp3) is 0.500. The average molecular weight is 294 g/mol. The lowest BCUT2D eigenvalue weighted by Gasteiger charge is -2.19. The van der Waals surface area contributed by atoms with Crippen LogP contribution in [-0.2, 0) is 14.3 Å².